The molecule has 0 aromatic heterocycles. The van der Waals surface area contributed by atoms with E-state index >= 15 is 0 Å². The first-order chi connectivity index (χ1) is 6.16. The molecule has 0 saturated heterocycles. The lowest BCUT2D eigenvalue weighted by Gasteiger charge is -2.00. The van der Waals surface area contributed by atoms with Crippen molar-refractivity contribution < 1.29 is 9.18 Å². The summed E-state index contributed by atoms with van der Waals surface area (Å²) in [5, 5.41) is 0. The first-order valence-corrected chi connectivity index (χ1v) is 4.48. The first-order valence-electron chi connectivity index (χ1n) is 4.48. The number of benzene rings is 1. The van der Waals surface area contributed by atoms with E-state index in [-0.39, 0.29) is 17.5 Å². The summed E-state index contributed by atoms with van der Waals surface area (Å²) in [5.74, 6) is -0.0483. The molecule has 1 nitrogen and oxygen atoms in total. The van der Waals surface area contributed by atoms with E-state index < -0.39 is 0 Å². The molecule has 0 atom stereocenters. The Bertz CT molecular complexity index is 333. The third kappa shape index (κ3) is 1.77. The minimum atomic E-state index is -0.316. The van der Waals surface area contributed by atoms with Crippen LogP contribution in [-0.2, 0) is 0 Å². The standard InChI is InChI=1S/C11H11FO/c1-7-4-9(6-10(12)5-7)11(13)8-2-3-8/h4-6,8H,2-3H2,1H3. The highest BCUT2D eigenvalue weighted by Gasteiger charge is 2.30. The summed E-state index contributed by atoms with van der Waals surface area (Å²) in [6, 6.07) is 4.51. The minimum Gasteiger partial charge on any atom is -0.294 e. The van der Waals surface area contributed by atoms with Crippen molar-refractivity contribution in [3.63, 3.8) is 0 Å². The van der Waals surface area contributed by atoms with Crippen molar-refractivity contribution in [3.8, 4) is 0 Å². The van der Waals surface area contributed by atoms with Gasteiger partial charge in [-0.3, -0.25) is 4.79 Å². The van der Waals surface area contributed by atoms with Gasteiger partial charge in [0.25, 0.3) is 0 Å². The van der Waals surface area contributed by atoms with Crippen LogP contribution in [0.3, 0.4) is 0 Å². The molecule has 0 aliphatic heterocycles. The van der Waals surface area contributed by atoms with Crippen LogP contribution in [0.25, 0.3) is 0 Å². The zero-order valence-electron chi connectivity index (χ0n) is 7.51. The smallest absolute Gasteiger partial charge is 0.166 e. The van der Waals surface area contributed by atoms with E-state index in [4.69, 9.17) is 0 Å². The van der Waals surface area contributed by atoms with Gasteiger partial charge in [0.2, 0.25) is 0 Å². The van der Waals surface area contributed by atoms with Crippen LogP contribution in [0.15, 0.2) is 18.2 Å². The molecule has 0 N–H and O–H groups in total. The maximum Gasteiger partial charge on any atom is 0.166 e. The molecule has 13 heavy (non-hydrogen) atoms. The number of hydrogen-bond donors (Lipinski definition) is 0. The van der Waals surface area contributed by atoms with Crippen LogP contribution in [0, 0.1) is 18.7 Å². The SMILES string of the molecule is Cc1cc(F)cc(C(=O)C2CC2)c1. The lowest BCUT2D eigenvalue weighted by atomic mass is 10.0. The van der Waals surface area contributed by atoms with E-state index in [1.54, 1.807) is 13.0 Å². The minimum absolute atomic E-state index is 0.0996. The number of ketones is 1. The molecule has 1 aliphatic carbocycles. The Labute approximate surface area is 76.6 Å². The van der Waals surface area contributed by atoms with Crippen LogP contribution >= 0.6 is 0 Å². The van der Waals surface area contributed by atoms with Gasteiger partial charge in [-0.05, 0) is 43.5 Å². The fourth-order valence-electron chi connectivity index (χ4n) is 1.46. The molecule has 0 heterocycles. The molecule has 68 valence electrons. The fourth-order valence-corrected chi connectivity index (χ4v) is 1.46. The van der Waals surface area contributed by atoms with Crippen LogP contribution in [0.5, 0.6) is 0 Å². The predicted molar refractivity (Wildman–Crippen MR) is 48.2 cm³/mol. The second-order valence-electron chi connectivity index (χ2n) is 3.66. The number of hydrogen-bond acceptors (Lipinski definition) is 1. The van der Waals surface area contributed by atoms with Crippen LogP contribution in [0.4, 0.5) is 4.39 Å². The fraction of sp³-hybridized carbons (Fsp3) is 0.364. The number of carbonyl (C=O) groups excluding carboxylic acids is 1. The predicted octanol–water partition coefficient (Wildman–Crippen LogP) is 2.73. The highest BCUT2D eigenvalue weighted by Crippen LogP contribution is 2.32. The molecule has 0 bridgehead atoms. The molecule has 2 heteroatoms. The molecule has 1 saturated carbocycles. The lowest BCUT2D eigenvalue weighted by Crippen LogP contribution is -2.02. The molecule has 2 rings (SSSR count). The van der Waals surface area contributed by atoms with Gasteiger partial charge in [-0.15, -0.1) is 0 Å². The maximum absolute atomic E-state index is 12.9. The van der Waals surface area contributed by atoms with Crippen LogP contribution in [0.2, 0.25) is 0 Å². The van der Waals surface area contributed by atoms with E-state index in [1.807, 2.05) is 0 Å². The summed E-state index contributed by atoms with van der Waals surface area (Å²) in [4.78, 5) is 11.5. The van der Waals surface area contributed by atoms with Crippen LogP contribution < -0.4 is 0 Å². The van der Waals surface area contributed by atoms with Crippen molar-refractivity contribution >= 4 is 5.78 Å². The monoisotopic (exact) mass is 178 g/mol. The van der Waals surface area contributed by atoms with Crippen LogP contribution in [0.1, 0.15) is 28.8 Å². The van der Waals surface area contributed by atoms with Crippen molar-refractivity contribution in [2.24, 2.45) is 5.92 Å². The Morgan fingerprint density at radius 3 is 2.62 bits per heavy atom. The van der Waals surface area contributed by atoms with Gasteiger partial charge in [-0.2, -0.15) is 0 Å². The van der Waals surface area contributed by atoms with Gasteiger partial charge in [0.05, 0.1) is 0 Å². The highest BCUT2D eigenvalue weighted by atomic mass is 19.1. The van der Waals surface area contributed by atoms with E-state index in [0.717, 1.165) is 18.4 Å². The summed E-state index contributed by atoms with van der Waals surface area (Å²) in [6.07, 6.45) is 1.93. The van der Waals surface area contributed by atoms with Crippen molar-refractivity contribution in [2.45, 2.75) is 19.8 Å². The Hall–Kier alpha value is -1.18. The highest BCUT2D eigenvalue weighted by molar-refractivity contribution is 5.99. The quantitative estimate of drug-likeness (QED) is 0.636. The third-order valence-electron chi connectivity index (χ3n) is 2.27. The summed E-state index contributed by atoms with van der Waals surface area (Å²) in [7, 11) is 0. The second-order valence-corrected chi connectivity index (χ2v) is 3.66. The summed E-state index contributed by atoms with van der Waals surface area (Å²) >= 11 is 0. The molecule has 1 aromatic rings. The van der Waals surface area contributed by atoms with Crippen molar-refractivity contribution in [1.29, 1.82) is 0 Å². The summed E-state index contributed by atoms with van der Waals surface area (Å²) in [5.41, 5.74) is 1.34. The normalized spacial score (nSPS) is 15.8. The number of Topliss-reactive ketones (excluding diaryl/α,β-unsaturated/α-hetero) is 1. The van der Waals surface area contributed by atoms with Gasteiger partial charge in [0.1, 0.15) is 5.82 Å². The molecular weight excluding hydrogens is 167 g/mol. The van der Waals surface area contributed by atoms with E-state index in [2.05, 4.69) is 0 Å². The average Bonchev–Trinajstić information content (AvgIpc) is 2.83. The Morgan fingerprint density at radius 2 is 2.08 bits per heavy atom. The number of rotatable bonds is 2. The zero-order chi connectivity index (χ0) is 9.42. The molecule has 0 amide bonds. The summed E-state index contributed by atoms with van der Waals surface area (Å²) in [6.45, 7) is 1.80. The topological polar surface area (TPSA) is 17.1 Å². The van der Waals surface area contributed by atoms with Gasteiger partial charge >= 0.3 is 0 Å². The number of halogens is 1. The van der Waals surface area contributed by atoms with E-state index in [0.29, 0.717) is 5.56 Å². The van der Waals surface area contributed by atoms with E-state index in [9.17, 15) is 9.18 Å². The number of aryl methyl sites for hydroxylation is 1. The Kier molecular flexibility index (Phi) is 1.91. The van der Waals surface area contributed by atoms with Gasteiger partial charge in [0.15, 0.2) is 5.78 Å². The molecule has 0 unspecified atom stereocenters. The third-order valence-corrected chi connectivity index (χ3v) is 2.27. The van der Waals surface area contributed by atoms with Crippen molar-refractivity contribution in [2.75, 3.05) is 0 Å². The zero-order valence-corrected chi connectivity index (χ0v) is 7.51. The molecule has 0 radical (unpaired) electrons. The molecule has 1 fully saturated rings. The molecule has 1 aliphatic rings. The second kappa shape index (κ2) is 2.95. The van der Waals surface area contributed by atoms with Crippen molar-refractivity contribution in [1.82, 2.24) is 0 Å². The summed E-state index contributed by atoms with van der Waals surface area (Å²) < 4.78 is 12.9. The molecular formula is C11H11FO. The first kappa shape index (κ1) is 8.42. The van der Waals surface area contributed by atoms with Gasteiger partial charge in [-0.25, -0.2) is 4.39 Å². The Morgan fingerprint density at radius 1 is 1.38 bits per heavy atom. The van der Waals surface area contributed by atoms with Crippen LogP contribution in [-0.4, -0.2) is 5.78 Å². The van der Waals surface area contributed by atoms with E-state index in [1.165, 1.54) is 12.1 Å². The van der Waals surface area contributed by atoms with Gasteiger partial charge in [-0.1, -0.05) is 0 Å². The maximum atomic E-state index is 12.9. The molecule has 1 aromatic carbocycles. The largest absolute Gasteiger partial charge is 0.294 e. The Balaban J connectivity index is 2.33. The van der Waals surface area contributed by atoms with Gasteiger partial charge in [0, 0.05) is 11.5 Å². The molecule has 0 spiro atoms. The number of carbonyl (C=O) groups is 1. The lowest BCUT2D eigenvalue weighted by molar-refractivity contribution is 0.0967. The average molecular weight is 178 g/mol. The van der Waals surface area contributed by atoms with Gasteiger partial charge < -0.3 is 0 Å². The van der Waals surface area contributed by atoms with Crippen molar-refractivity contribution in [3.05, 3.63) is 35.1 Å².